The molecule has 1 rings (SSSR count). The minimum atomic E-state index is 0.253. The lowest BCUT2D eigenvalue weighted by atomic mass is 9.85. The number of hydrogen-bond donors (Lipinski definition) is 1. The molecule has 13 heavy (non-hydrogen) atoms. The van der Waals surface area contributed by atoms with E-state index in [1.807, 2.05) is 0 Å². The second kappa shape index (κ2) is 6.05. The molecule has 0 saturated heterocycles. The second-order valence-electron chi connectivity index (χ2n) is 4.18. The summed E-state index contributed by atoms with van der Waals surface area (Å²) in [4.78, 5) is 0. The summed E-state index contributed by atoms with van der Waals surface area (Å²) in [5.74, 6) is 3.37. The standard InChI is InChI=1S/C12H21N/c1-2-8-12(13)11-9-6-4-3-5-7-10-11/h1,11-12H,3-10,13H2. The van der Waals surface area contributed by atoms with Crippen molar-refractivity contribution in [3.8, 4) is 12.3 Å². The molecule has 0 amide bonds. The van der Waals surface area contributed by atoms with Crippen LogP contribution in [0.2, 0.25) is 0 Å². The Kier molecular flexibility index (Phi) is 4.93. The molecular formula is C12H21N. The van der Waals surface area contributed by atoms with E-state index >= 15 is 0 Å². The van der Waals surface area contributed by atoms with Crippen molar-refractivity contribution in [1.29, 1.82) is 0 Å². The molecule has 0 radical (unpaired) electrons. The van der Waals surface area contributed by atoms with Gasteiger partial charge in [0.1, 0.15) is 0 Å². The van der Waals surface area contributed by atoms with E-state index in [-0.39, 0.29) is 6.04 Å². The first-order valence-electron chi connectivity index (χ1n) is 5.53. The van der Waals surface area contributed by atoms with Gasteiger partial charge < -0.3 is 5.73 Å². The van der Waals surface area contributed by atoms with Crippen molar-refractivity contribution in [2.75, 3.05) is 0 Å². The Labute approximate surface area is 82.1 Å². The van der Waals surface area contributed by atoms with Crippen LogP contribution in [-0.4, -0.2) is 6.04 Å². The summed E-state index contributed by atoms with van der Waals surface area (Å²) in [6, 6.07) is 0.253. The molecule has 0 heterocycles. The van der Waals surface area contributed by atoms with Gasteiger partial charge >= 0.3 is 0 Å². The zero-order valence-electron chi connectivity index (χ0n) is 8.47. The maximum absolute atomic E-state index is 6.04. The SMILES string of the molecule is C#CCC(N)C1CCCCCCC1. The maximum Gasteiger partial charge on any atom is 0.0241 e. The van der Waals surface area contributed by atoms with E-state index in [2.05, 4.69) is 5.92 Å². The molecule has 0 aliphatic heterocycles. The molecular weight excluding hydrogens is 158 g/mol. The van der Waals surface area contributed by atoms with E-state index in [0.29, 0.717) is 5.92 Å². The molecule has 1 aliphatic carbocycles. The van der Waals surface area contributed by atoms with Gasteiger partial charge in [0.05, 0.1) is 0 Å². The fourth-order valence-corrected chi connectivity index (χ4v) is 2.22. The van der Waals surface area contributed by atoms with Crippen LogP contribution in [0.3, 0.4) is 0 Å². The van der Waals surface area contributed by atoms with Crippen molar-refractivity contribution >= 4 is 0 Å². The van der Waals surface area contributed by atoms with Crippen molar-refractivity contribution < 1.29 is 0 Å². The minimum absolute atomic E-state index is 0.253. The molecule has 0 aromatic rings. The van der Waals surface area contributed by atoms with Crippen LogP contribution in [0.25, 0.3) is 0 Å². The third kappa shape index (κ3) is 3.83. The van der Waals surface area contributed by atoms with E-state index in [4.69, 9.17) is 12.2 Å². The topological polar surface area (TPSA) is 26.0 Å². The largest absolute Gasteiger partial charge is 0.327 e. The number of terminal acetylenes is 1. The van der Waals surface area contributed by atoms with Gasteiger partial charge in [-0.3, -0.25) is 0 Å². The van der Waals surface area contributed by atoms with Gasteiger partial charge in [-0.05, 0) is 18.8 Å². The van der Waals surface area contributed by atoms with E-state index in [1.54, 1.807) is 0 Å². The first kappa shape index (κ1) is 10.6. The lowest BCUT2D eigenvalue weighted by Gasteiger charge is -2.24. The lowest BCUT2D eigenvalue weighted by molar-refractivity contribution is 0.326. The van der Waals surface area contributed by atoms with Crippen LogP contribution in [0.5, 0.6) is 0 Å². The van der Waals surface area contributed by atoms with Gasteiger partial charge in [-0.15, -0.1) is 12.3 Å². The molecule has 1 nitrogen and oxygen atoms in total. The third-order valence-electron chi connectivity index (χ3n) is 3.11. The van der Waals surface area contributed by atoms with Gasteiger partial charge in [0.15, 0.2) is 0 Å². The summed E-state index contributed by atoms with van der Waals surface area (Å²) >= 11 is 0. The summed E-state index contributed by atoms with van der Waals surface area (Å²) in [5.41, 5.74) is 6.04. The van der Waals surface area contributed by atoms with E-state index in [1.165, 1.54) is 44.9 Å². The smallest absolute Gasteiger partial charge is 0.0241 e. The Bertz CT molecular complexity index is 160. The first-order valence-corrected chi connectivity index (χ1v) is 5.53. The Morgan fingerprint density at radius 1 is 1.15 bits per heavy atom. The van der Waals surface area contributed by atoms with Crippen LogP contribution in [0, 0.1) is 18.3 Å². The predicted octanol–water partition coefficient (Wildman–Crippen LogP) is 2.70. The molecule has 0 bridgehead atoms. The van der Waals surface area contributed by atoms with Crippen LogP contribution in [0.4, 0.5) is 0 Å². The molecule has 2 N–H and O–H groups in total. The van der Waals surface area contributed by atoms with Crippen LogP contribution in [0.15, 0.2) is 0 Å². The third-order valence-corrected chi connectivity index (χ3v) is 3.11. The highest BCUT2D eigenvalue weighted by atomic mass is 14.6. The molecule has 0 spiro atoms. The average molecular weight is 179 g/mol. The van der Waals surface area contributed by atoms with Gasteiger partial charge in [-0.1, -0.05) is 32.1 Å². The van der Waals surface area contributed by atoms with Crippen molar-refractivity contribution in [3.63, 3.8) is 0 Å². The Morgan fingerprint density at radius 3 is 2.23 bits per heavy atom. The van der Waals surface area contributed by atoms with Gasteiger partial charge in [-0.2, -0.15) is 0 Å². The normalized spacial score (nSPS) is 22.8. The van der Waals surface area contributed by atoms with Gasteiger partial charge in [0.2, 0.25) is 0 Å². The number of rotatable bonds is 2. The minimum Gasteiger partial charge on any atom is -0.327 e. The van der Waals surface area contributed by atoms with Crippen molar-refractivity contribution in [3.05, 3.63) is 0 Å². The van der Waals surface area contributed by atoms with E-state index < -0.39 is 0 Å². The highest BCUT2D eigenvalue weighted by Crippen LogP contribution is 2.24. The zero-order chi connectivity index (χ0) is 9.52. The quantitative estimate of drug-likeness (QED) is 0.648. The second-order valence-corrected chi connectivity index (χ2v) is 4.18. The van der Waals surface area contributed by atoms with Gasteiger partial charge in [-0.25, -0.2) is 0 Å². The van der Waals surface area contributed by atoms with Gasteiger partial charge in [0.25, 0.3) is 0 Å². The molecule has 0 aromatic carbocycles. The van der Waals surface area contributed by atoms with E-state index in [0.717, 1.165) is 6.42 Å². The van der Waals surface area contributed by atoms with Crippen LogP contribution >= 0.6 is 0 Å². The lowest BCUT2D eigenvalue weighted by Crippen LogP contribution is -2.30. The summed E-state index contributed by atoms with van der Waals surface area (Å²) in [6.45, 7) is 0. The molecule has 1 saturated carbocycles. The highest BCUT2D eigenvalue weighted by molar-refractivity contribution is 4.91. The van der Waals surface area contributed by atoms with Crippen molar-refractivity contribution in [1.82, 2.24) is 0 Å². The molecule has 0 aromatic heterocycles. The van der Waals surface area contributed by atoms with Gasteiger partial charge in [0, 0.05) is 12.5 Å². The Balaban J connectivity index is 2.32. The first-order chi connectivity index (χ1) is 6.34. The fourth-order valence-electron chi connectivity index (χ4n) is 2.22. The fraction of sp³-hybridized carbons (Fsp3) is 0.833. The zero-order valence-corrected chi connectivity index (χ0v) is 8.47. The highest BCUT2D eigenvalue weighted by Gasteiger charge is 2.17. The summed E-state index contributed by atoms with van der Waals surface area (Å²) in [5, 5.41) is 0. The summed E-state index contributed by atoms with van der Waals surface area (Å²) in [6.07, 6.45) is 15.5. The number of hydrogen-bond acceptors (Lipinski definition) is 1. The van der Waals surface area contributed by atoms with Crippen molar-refractivity contribution in [2.45, 2.75) is 57.4 Å². The molecule has 1 aliphatic rings. The monoisotopic (exact) mass is 179 g/mol. The van der Waals surface area contributed by atoms with Crippen LogP contribution in [-0.2, 0) is 0 Å². The predicted molar refractivity (Wildman–Crippen MR) is 57.2 cm³/mol. The maximum atomic E-state index is 6.04. The summed E-state index contributed by atoms with van der Waals surface area (Å²) < 4.78 is 0. The molecule has 1 unspecified atom stereocenters. The molecule has 1 fully saturated rings. The Hall–Kier alpha value is -0.480. The van der Waals surface area contributed by atoms with Crippen LogP contribution in [0.1, 0.15) is 51.4 Å². The number of nitrogens with two attached hydrogens (primary N) is 1. The molecule has 74 valence electrons. The Morgan fingerprint density at radius 2 is 1.69 bits per heavy atom. The van der Waals surface area contributed by atoms with Crippen LogP contribution < -0.4 is 5.73 Å². The molecule has 1 atom stereocenters. The van der Waals surface area contributed by atoms with E-state index in [9.17, 15) is 0 Å². The van der Waals surface area contributed by atoms with Crippen molar-refractivity contribution in [2.24, 2.45) is 11.7 Å². The molecule has 1 heteroatoms. The summed E-state index contributed by atoms with van der Waals surface area (Å²) in [7, 11) is 0. The average Bonchev–Trinajstić information content (AvgIpc) is 2.03.